The molecule has 0 aliphatic carbocycles. The number of nitrogens with zero attached hydrogens (tertiary/aromatic N) is 1. The Morgan fingerprint density at radius 2 is 1.81 bits per heavy atom. The SMILES string of the molecule is C/C(C(=O)[O-])=C(/Cc1ccccc1)N(C)C. The number of rotatable bonds is 4. The van der Waals surface area contributed by atoms with Crippen molar-refractivity contribution in [3.8, 4) is 0 Å². The Kier molecular flexibility index (Phi) is 4.11. The molecule has 0 amide bonds. The number of hydrogen-bond donors (Lipinski definition) is 0. The lowest BCUT2D eigenvalue weighted by Crippen LogP contribution is -2.28. The van der Waals surface area contributed by atoms with Gasteiger partial charge in [-0.3, -0.25) is 0 Å². The van der Waals surface area contributed by atoms with E-state index in [1.54, 1.807) is 6.92 Å². The van der Waals surface area contributed by atoms with Crippen molar-refractivity contribution < 1.29 is 9.90 Å². The van der Waals surface area contributed by atoms with E-state index in [-0.39, 0.29) is 5.57 Å². The van der Waals surface area contributed by atoms with Gasteiger partial charge in [0.2, 0.25) is 0 Å². The summed E-state index contributed by atoms with van der Waals surface area (Å²) in [6.45, 7) is 1.58. The molecule has 1 rings (SSSR count). The first kappa shape index (κ1) is 12.3. The van der Waals surface area contributed by atoms with Crippen molar-refractivity contribution in [3.05, 3.63) is 47.2 Å². The Morgan fingerprint density at radius 1 is 1.25 bits per heavy atom. The van der Waals surface area contributed by atoms with Crippen LogP contribution >= 0.6 is 0 Å². The highest BCUT2D eigenvalue weighted by Gasteiger charge is 2.07. The van der Waals surface area contributed by atoms with Crippen molar-refractivity contribution in [2.75, 3.05) is 14.1 Å². The third-order valence-corrected chi connectivity index (χ3v) is 2.49. The van der Waals surface area contributed by atoms with Gasteiger partial charge in [-0.2, -0.15) is 0 Å². The molecule has 0 aliphatic rings. The summed E-state index contributed by atoms with van der Waals surface area (Å²) in [6, 6.07) is 9.78. The fraction of sp³-hybridized carbons (Fsp3) is 0.308. The van der Waals surface area contributed by atoms with Gasteiger partial charge in [-0.05, 0) is 18.1 Å². The summed E-state index contributed by atoms with van der Waals surface area (Å²) in [4.78, 5) is 12.7. The Balaban J connectivity index is 2.98. The van der Waals surface area contributed by atoms with Gasteiger partial charge in [0.1, 0.15) is 0 Å². The van der Waals surface area contributed by atoms with E-state index in [1.807, 2.05) is 49.3 Å². The fourth-order valence-corrected chi connectivity index (χ4v) is 1.53. The predicted octanol–water partition coefficient (Wildman–Crippen LogP) is 0.815. The molecule has 16 heavy (non-hydrogen) atoms. The van der Waals surface area contributed by atoms with Gasteiger partial charge in [0.05, 0.1) is 5.97 Å². The molecular weight excluding hydrogens is 202 g/mol. The van der Waals surface area contributed by atoms with E-state index >= 15 is 0 Å². The molecule has 0 saturated heterocycles. The van der Waals surface area contributed by atoms with Crippen LogP contribution in [-0.4, -0.2) is 25.0 Å². The summed E-state index contributed by atoms with van der Waals surface area (Å²) < 4.78 is 0. The minimum atomic E-state index is -1.11. The molecule has 86 valence electrons. The zero-order valence-electron chi connectivity index (χ0n) is 9.86. The van der Waals surface area contributed by atoms with E-state index in [0.717, 1.165) is 11.3 Å². The number of allylic oxidation sites excluding steroid dienone is 1. The van der Waals surface area contributed by atoms with Crippen LogP contribution in [0.4, 0.5) is 0 Å². The number of carbonyl (C=O) groups is 1. The molecule has 0 spiro atoms. The van der Waals surface area contributed by atoms with Gasteiger partial charge in [-0.25, -0.2) is 0 Å². The Hall–Kier alpha value is -1.77. The van der Waals surface area contributed by atoms with Gasteiger partial charge in [0.15, 0.2) is 0 Å². The van der Waals surface area contributed by atoms with Gasteiger partial charge in [-0.15, -0.1) is 0 Å². The second kappa shape index (κ2) is 5.35. The van der Waals surface area contributed by atoms with E-state index in [9.17, 15) is 9.90 Å². The first-order valence-electron chi connectivity index (χ1n) is 5.14. The van der Waals surface area contributed by atoms with Crippen molar-refractivity contribution in [1.82, 2.24) is 4.90 Å². The number of carbonyl (C=O) groups excluding carboxylic acids is 1. The summed E-state index contributed by atoms with van der Waals surface area (Å²) in [5.74, 6) is -1.11. The van der Waals surface area contributed by atoms with Crippen molar-refractivity contribution in [3.63, 3.8) is 0 Å². The third-order valence-electron chi connectivity index (χ3n) is 2.49. The molecule has 1 aromatic carbocycles. The maximum atomic E-state index is 10.8. The second-order valence-electron chi connectivity index (χ2n) is 3.92. The topological polar surface area (TPSA) is 43.4 Å². The van der Waals surface area contributed by atoms with Gasteiger partial charge in [0.25, 0.3) is 0 Å². The lowest BCUT2D eigenvalue weighted by atomic mass is 10.1. The molecule has 0 fully saturated rings. The Labute approximate surface area is 96.0 Å². The summed E-state index contributed by atoms with van der Waals surface area (Å²) >= 11 is 0. The third kappa shape index (κ3) is 3.12. The number of hydrogen-bond acceptors (Lipinski definition) is 3. The molecule has 3 nitrogen and oxygen atoms in total. The van der Waals surface area contributed by atoms with Gasteiger partial charge in [-0.1, -0.05) is 30.3 Å². The monoisotopic (exact) mass is 218 g/mol. The first-order chi connectivity index (χ1) is 7.52. The summed E-state index contributed by atoms with van der Waals surface area (Å²) in [7, 11) is 3.68. The van der Waals surface area contributed by atoms with Crippen LogP contribution in [0.2, 0.25) is 0 Å². The molecule has 0 atom stereocenters. The zero-order chi connectivity index (χ0) is 12.1. The maximum Gasteiger partial charge on any atom is 0.0689 e. The van der Waals surface area contributed by atoms with E-state index in [2.05, 4.69) is 0 Å². The Bertz CT molecular complexity index is 394. The molecule has 0 radical (unpaired) electrons. The largest absolute Gasteiger partial charge is 0.545 e. The van der Waals surface area contributed by atoms with Crippen LogP contribution in [0.1, 0.15) is 12.5 Å². The molecule has 0 unspecified atom stereocenters. The van der Waals surface area contributed by atoms with Gasteiger partial charge < -0.3 is 14.8 Å². The van der Waals surface area contributed by atoms with Crippen LogP contribution in [0, 0.1) is 0 Å². The smallest absolute Gasteiger partial charge is 0.0689 e. The summed E-state index contributed by atoms with van der Waals surface area (Å²) in [6.07, 6.45) is 0.605. The van der Waals surface area contributed by atoms with Crippen molar-refractivity contribution in [2.45, 2.75) is 13.3 Å². The number of aliphatic carboxylic acids is 1. The highest BCUT2D eigenvalue weighted by molar-refractivity contribution is 5.84. The molecule has 0 saturated carbocycles. The first-order valence-corrected chi connectivity index (χ1v) is 5.14. The minimum absolute atomic E-state index is 0.286. The van der Waals surface area contributed by atoms with Gasteiger partial charge in [0, 0.05) is 26.2 Å². The maximum absolute atomic E-state index is 10.8. The molecule has 0 aliphatic heterocycles. The van der Waals surface area contributed by atoms with E-state index < -0.39 is 5.97 Å². The molecule has 0 bridgehead atoms. The van der Waals surface area contributed by atoms with Crippen LogP contribution in [0.5, 0.6) is 0 Å². The van der Waals surface area contributed by atoms with Crippen LogP contribution < -0.4 is 5.11 Å². The number of carboxylic acid groups (broad SMARTS) is 1. The number of likely N-dealkylation sites (N-methyl/N-ethyl adjacent to an activating group) is 1. The van der Waals surface area contributed by atoms with Gasteiger partial charge >= 0.3 is 0 Å². The van der Waals surface area contributed by atoms with Crippen LogP contribution in [0.25, 0.3) is 0 Å². The van der Waals surface area contributed by atoms with E-state index in [0.29, 0.717) is 6.42 Å². The van der Waals surface area contributed by atoms with Crippen LogP contribution in [0.3, 0.4) is 0 Å². The standard InChI is InChI=1S/C13H17NO2/c1-10(13(15)16)12(14(2)3)9-11-7-5-4-6-8-11/h4-8H,9H2,1-3H3,(H,15,16)/p-1/b12-10+. The van der Waals surface area contributed by atoms with E-state index in [1.165, 1.54) is 0 Å². The van der Waals surface area contributed by atoms with Crippen LogP contribution in [0.15, 0.2) is 41.6 Å². The van der Waals surface area contributed by atoms with Crippen LogP contribution in [-0.2, 0) is 11.2 Å². The number of carboxylic acids is 1. The summed E-state index contributed by atoms with van der Waals surface area (Å²) in [5.41, 5.74) is 2.15. The molecule has 0 N–H and O–H groups in total. The molecule has 0 heterocycles. The number of benzene rings is 1. The minimum Gasteiger partial charge on any atom is -0.545 e. The molecule has 1 aromatic rings. The lowest BCUT2D eigenvalue weighted by Gasteiger charge is -2.21. The zero-order valence-corrected chi connectivity index (χ0v) is 9.86. The van der Waals surface area contributed by atoms with Crippen molar-refractivity contribution >= 4 is 5.97 Å². The predicted molar refractivity (Wildman–Crippen MR) is 61.5 cm³/mol. The highest BCUT2D eigenvalue weighted by Crippen LogP contribution is 2.13. The van der Waals surface area contributed by atoms with Crippen molar-refractivity contribution in [1.29, 1.82) is 0 Å². The highest BCUT2D eigenvalue weighted by atomic mass is 16.4. The normalized spacial score (nSPS) is 11.9. The fourth-order valence-electron chi connectivity index (χ4n) is 1.53. The Morgan fingerprint density at radius 3 is 2.25 bits per heavy atom. The molecule has 0 aromatic heterocycles. The lowest BCUT2D eigenvalue weighted by molar-refractivity contribution is -0.299. The summed E-state index contributed by atoms with van der Waals surface area (Å²) in [5, 5.41) is 10.8. The average molecular weight is 218 g/mol. The van der Waals surface area contributed by atoms with Crippen molar-refractivity contribution in [2.24, 2.45) is 0 Å². The second-order valence-corrected chi connectivity index (χ2v) is 3.92. The molecular formula is C13H16NO2-. The molecule has 3 heteroatoms. The van der Waals surface area contributed by atoms with E-state index in [4.69, 9.17) is 0 Å². The average Bonchev–Trinajstić information content (AvgIpc) is 2.26. The quantitative estimate of drug-likeness (QED) is 0.703.